The Kier molecular flexibility index (Phi) is 4.66. The number of aryl methyl sites for hydroxylation is 1. The molecule has 1 unspecified atom stereocenters. The molecule has 1 atom stereocenters. The summed E-state index contributed by atoms with van der Waals surface area (Å²) in [6.45, 7) is 1.46. The second-order valence-corrected chi connectivity index (χ2v) is 5.85. The fraction of sp³-hybridized carbons (Fsp3) is 0.438. The van der Waals surface area contributed by atoms with Gasteiger partial charge in [0.25, 0.3) is 0 Å². The molecule has 8 nitrogen and oxygen atoms in total. The highest BCUT2D eigenvalue weighted by Gasteiger charge is 2.23. The number of anilines is 1. The van der Waals surface area contributed by atoms with Crippen molar-refractivity contribution in [3.63, 3.8) is 0 Å². The molecule has 2 heterocycles. The van der Waals surface area contributed by atoms with E-state index in [1.54, 1.807) is 7.11 Å². The summed E-state index contributed by atoms with van der Waals surface area (Å²) in [7, 11) is 1.64. The van der Waals surface area contributed by atoms with E-state index < -0.39 is 11.0 Å². The van der Waals surface area contributed by atoms with E-state index in [1.165, 1.54) is 22.6 Å². The summed E-state index contributed by atoms with van der Waals surface area (Å²) >= 11 is 0. The molecule has 0 fully saturated rings. The van der Waals surface area contributed by atoms with Gasteiger partial charge in [0.1, 0.15) is 18.1 Å². The molecule has 3 rings (SSSR count). The first-order valence-electron chi connectivity index (χ1n) is 7.84. The number of hydrogen-bond donors (Lipinski definition) is 1. The number of methoxy groups -OCH3 is 1. The summed E-state index contributed by atoms with van der Waals surface area (Å²) in [6, 6.07) is 5.97. The van der Waals surface area contributed by atoms with E-state index in [9.17, 15) is 15.2 Å². The van der Waals surface area contributed by atoms with Crippen molar-refractivity contribution in [1.82, 2.24) is 9.78 Å². The van der Waals surface area contributed by atoms with Crippen LogP contribution in [0, 0.1) is 10.1 Å². The van der Waals surface area contributed by atoms with Gasteiger partial charge >= 0.3 is 5.69 Å². The maximum Gasteiger partial charge on any atom is 0.306 e. The molecule has 1 aromatic heterocycles. The molecule has 8 heteroatoms. The van der Waals surface area contributed by atoms with E-state index in [0.717, 1.165) is 30.8 Å². The molecule has 0 bridgehead atoms. The zero-order chi connectivity index (χ0) is 17.1. The predicted octanol–water partition coefficient (Wildman–Crippen LogP) is 1.61. The lowest BCUT2D eigenvalue weighted by atomic mass is 10.0. The molecule has 24 heavy (non-hydrogen) atoms. The number of aromatic nitrogens is 2. The van der Waals surface area contributed by atoms with Crippen LogP contribution in [-0.4, -0.2) is 46.1 Å². The van der Waals surface area contributed by atoms with E-state index >= 15 is 0 Å². The standard InChI is InChI=1S/C16H20N4O4/c1-24-15-6-2-4-12-5-3-7-18(16(12)15)10-14(21)11-19-9-13(8-17-19)20(22)23/h2,4,6,8-9,14,21H,3,5,7,10-11H2,1H3. The zero-order valence-electron chi connectivity index (χ0n) is 13.5. The Hall–Kier alpha value is -2.61. The van der Waals surface area contributed by atoms with E-state index in [-0.39, 0.29) is 12.2 Å². The number of nitrogens with zero attached hydrogens (tertiary/aromatic N) is 4. The van der Waals surface area contributed by atoms with Gasteiger partial charge in [0.05, 0.1) is 30.4 Å². The van der Waals surface area contributed by atoms with Crippen LogP contribution in [0.1, 0.15) is 12.0 Å². The monoisotopic (exact) mass is 332 g/mol. The second kappa shape index (κ2) is 6.88. The molecule has 1 aromatic carbocycles. The quantitative estimate of drug-likeness (QED) is 0.638. The van der Waals surface area contributed by atoms with Crippen LogP contribution in [-0.2, 0) is 13.0 Å². The number of benzene rings is 1. The Morgan fingerprint density at radius 3 is 3.00 bits per heavy atom. The van der Waals surface area contributed by atoms with Gasteiger partial charge in [-0.3, -0.25) is 14.8 Å². The Morgan fingerprint density at radius 1 is 1.46 bits per heavy atom. The summed E-state index contributed by atoms with van der Waals surface area (Å²) in [5, 5.41) is 25.0. The number of hydrogen-bond acceptors (Lipinski definition) is 6. The van der Waals surface area contributed by atoms with Gasteiger partial charge in [-0.05, 0) is 24.5 Å². The number of para-hydroxylation sites is 1. The van der Waals surface area contributed by atoms with Crippen molar-refractivity contribution in [2.75, 3.05) is 25.1 Å². The lowest BCUT2D eigenvalue weighted by molar-refractivity contribution is -0.385. The lowest BCUT2D eigenvalue weighted by Crippen LogP contribution is -2.38. The summed E-state index contributed by atoms with van der Waals surface area (Å²) in [4.78, 5) is 12.3. The molecule has 0 saturated carbocycles. The number of β-amino-alcohol motifs (C(OH)–C–C–N with tert-alkyl or cyclic N) is 1. The van der Waals surface area contributed by atoms with Crippen molar-refractivity contribution in [3.05, 3.63) is 46.3 Å². The van der Waals surface area contributed by atoms with Gasteiger partial charge in [0, 0.05) is 13.1 Å². The first-order valence-corrected chi connectivity index (χ1v) is 7.84. The minimum absolute atomic E-state index is 0.0767. The van der Waals surface area contributed by atoms with Crippen LogP contribution in [0.5, 0.6) is 5.75 Å². The average molecular weight is 332 g/mol. The molecule has 0 radical (unpaired) electrons. The minimum atomic E-state index is -0.694. The van der Waals surface area contributed by atoms with Crippen molar-refractivity contribution >= 4 is 11.4 Å². The number of rotatable bonds is 6. The average Bonchev–Trinajstić information content (AvgIpc) is 3.03. The number of aliphatic hydroxyl groups is 1. The largest absolute Gasteiger partial charge is 0.495 e. The van der Waals surface area contributed by atoms with Crippen LogP contribution in [0.25, 0.3) is 0 Å². The molecule has 1 aliphatic rings. The number of ether oxygens (including phenoxy) is 1. The fourth-order valence-electron chi connectivity index (χ4n) is 3.12. The van der Waals surface area contributed by atoms with Crippen molar-refractivity contribution in [1.29, 1.82) is 0 Å². The summed E-state index contributed by atoms with van der Waals surface area (Å²) in [5.74, 6) is 0.800. The van der Waals surface area contributed by atoms with E-state index in [0.29, 0.717) is 6.54 Å². The van der Waals surface area contributed by atoms with E-state index in [4.69, 9.17) is 4.74 Å². The van der Waals surface area contributed by atoms with Crippen LogP contribution in [0.4, 0.5) is 11.4 Å². The molecule has 1 aliphatic heterocycles. The van der Waals surface area contributed by atoms with E-state index in [1.807, 2.05) is 12.1 Å². The molecular formula is C16H20N4O4. The molecule has 2 aromatic rings. The number of aliphatic hydroxyl groups excluding tert-OH is 1. The second-order valence-electron chi connectivity index (χ2n) is 5.85. The maximum absolute atomic E-state index is 10.7. The molecule has 0 spiro atoms. The van der Waals surface area contributed by atoms with Crippen LogP contribution >= 0.6 is 0 Å². The Morgan fingerprint density at radius 2 is 2.29 bits per heavy atom. The van der Waals surface area contributed by atoms with Gasteiger partial charge in [-0.25, -0.2) is 0 Å². The zero-order valence-corrected chi connectivity index (χ0v) is 13.5. The molecule has 1 N–H and O–H groups in total. The normalized spacial score (nSPS) is 15.0. The van der Waals surface area contributed by atoms with Crippen LogP contribution in [0.15, 0.2) is 30.6 Å². The highest BCUT2D eigenvalue weighted by molar-refractivity contribution is 5.65. The molecular weight excluding hydrogens is 312 g/mol. The smallest absolute Gasteiger partial charge is 0.306 e. The highest BCUT2D eigenvalue weighted by atomic mass is 16.6. The van der Waals surface area contributed by atoms with Crippen LogP contribution in [0.2, 0.25) is 0 Å². The van der Waals surface area contributed by atoms with Gasteiger partial charge < -0.3 is 14.7 Å². The topological polar surface area (TPSA) is 93.7 Å². The molecule has 0 amide bonds. The van der Waals surface area contributed by atoms with Crippen molar-refractivity contribution in [2.24, 2.45) is 0 Å². The Balaban J connectivity index is 1.71. The van der Waals surface area contributed by atoms with Crippen molar-refractivity contribution in [2.45, 2.75) is 25.5 Å². The third kappa shape index (κ3) is 3.33. The SMILES string of the molecule is COc1cccc2c1N(CC(O)Cn1cc([N+](=O)[O-])cn1)CCC2. The van der Waals surface area contributed by atoms with Crippen molar-refractivity contribution < 1.29 is 14.8 Å². The van der Waals surface area contributed by atoms with Gasteiger partial charge in [-0.2, -0.15) is 5.10 Å². The third-order valence-electron chi connectivity index (χ3n) is 4.15. The van der Waals surface area contributed by atoms with Gasteiger partial charge in [-0.15, -0.1) is 0 Å². The van der Waals surface area contributed by atoms with Crippen LogP contribution < -0.4 is 9.64 Å². The minimum Gasteiger partial charge on any atom is -0.495 e. The van der Waals surface area contributed by atoms with E-state index in [2.05, 4.69) is 16.1 Å². The lowest BCUT2D eigenvalue weighted by Gasteiger charge is -2.34. The first kappa shape index (κ1) is 16.3. The Bertz CT molecular complexity index is 716. The van der Waals surface area contributed by atoms with Crippen molar-refractivity contribution in [3.8, 4) is 5.75 Å². The third-order valence-corrected chi connectivity index (χ3v) is 4.15. The number of nitro groups is 1. The summed E-state index contributed by atoms with van der Waals surface area (Å²) in [6.07, 6.45) is 3.82. The summed E-state index contributed by atoms with van der Waals surface area (Å²) < 4.78 is 6.86. The first-order chi connectivity index (χ1) is 11.6. The predicted molar refractivity (Wildman–Crippen MR) is 88.4 cm³/mol. The number of fused-ring (bicyclic) bond motifs is 1. The summed E-state index contributed by atoms with van der Waals surface area (Å²) in [5.41, 5.74) is 2.16. The molecule has 0 aliphatic carbocycles. The van der Waals surface area contributed by atoms with Gasteiger partial charge in [0.15, 0.2) is 0 Å². The maximum atomic E-state index is 10.7. The Labute approximate surface area is 139 Å². The molecule has 0 saturated heterocycles. The van der Waals surface area contributed by atoms with Crippen LogP contribution in [0.3, 0.4) is 0 Å². The van der Waals surface area contributed by atoms with Gasteiger partial charge in [-0.1, -0.05) is 12.1 Å². The highest BCUT2D eigenvalue weighted by Crippen LogP contribution is 2.36. The fourth-order valence-corrected chi connectivity index (χ4v) is 3.12. The van der Waals surface area contributed by atoms with Gasteiger partial charge in [0.2, 0.25) is 0 Å². The molecule has 128 valence electrons.